The molecule has 1 N–H and O–H groups in total. The van der Waals surface area contributed by atoms with Gasteiger partial charge in [0, 0.05) is 55.4 Å². The van der Waals surface area contributed by atoms with E-state index in [1.807, 2.05) is 24.3 Å². The number of aromatic nitrogens is 4. The van der Waals surface area contributed by atoms with Crippen LogP contribution in [-0.4, -0.2) is 51.2 Å². The third kappa shape index (κ3) is 5.11. The van der Waals surface area contributed by atoms with Gasteiger partial charge in [-0.05, 0) is 25.0 Å². The summed E-state index contributed by atoms with van der Waals surface area (Å²) in [5.74, 6) is 0.909. The molecule has 1 fully saturated rings. The fourth-order valence-corrected chi connectivity index (χ4v) is 4.99. The lowest BCUT2D eigenvalue weighted by atomic mass is 9.95. The first-order chi connectivity index (χ1) is 17.2. The molecule has 0 saturated carbocycles. The van der Waals surface area contributed by atoms with E-state index in [0.29, 0.717) is 6.42 Å². The second kappa shape index (κ2) is 11.3. The number of hydrogen-bond acceptors (Lipinski definition) is 6. The summed E-state index contributed by atoms with van der Waals surface area (Å²) >= 11 is 0. The summed E-state index contributed by atoms with van der Waals surface area (Å²) in [7, 11) is 0. The van der Waals surface area contributed by atoms with Crippen molar-refractivity contribution in [2.75, 3.05) is 31.1 Å². The number of anilines is 1. The molecule has 1 aliphatic heterocycles. The van der Waals surface area contributed by atoms with Crippen molar-refractivity contribution in [1.29, 1.82) is 5.26 Å². The zero-order valence-electron chi connectivity index (χ0n) is 20.6. The normalized spacial score (nSPS) is 14.6. The molecule has 1 atom stereocenters. The van der Waals surface area contributed by atoms with Crippen molar-refractivity contribution in [3.63, 3.8) is 0 Å². The maximum Gasteiger partial charge on any atom is 0.155 e. The monoisotopic (exact) mass is 499 g/mol. The number of H-pyrrole nitrogens is 1. The molecule has 3 heterocycles. The van der Waals surface area contributed by atoms with Gasteiger partial charge in [0.05, 0.1) is 24.2 Å². The van der Waals surface area contributed by atoms with Gasteiger partial charge in [0.25, 0.3) is 0 Å². The molecule has 1 aliphatic rings. The van der Waals surface area contributed by atoms with Crippen LogP contribution in [0.2, 0.25) is 0 Å². The van der Waals surface area contributed by atoms with E-state index in [9.17, 15) is 0 Å². The molecule has 7 nitrogen and oxygen atoms in total. The first-order valence-electron chi connectivity index (χ1n) is 12.0. The van der Waals surface area contributed by atoms with Crippen molar-refractivity contribution < 1.29 is 0 Å². The third-order valence-corrected chi connectivity index (χ3v) is 6.74. The second-order valence-electron chi connectivity index (χ2n) is 8.94. The molecule has 8 heteroatoms. The number of nitriles is 1. The summed E-state index contributed by atoms with van der Waals surface area (Å²) in [6, 6.07) is 21.1. The van der Waals surface area contributed by atoms with Crippen LogP contribution in [-0.2, 0) is 6.42 Å². The maximum atomic E-state index is 8.96. The molecule has 0 radical (unpaired) electrons. The van der Waals surface area contributed by atoms with Crippen molar-refractivity contribution in [3.8, 4) is 17.3 Å². The molecule has 4 aromatic rings. The van der Waals surface area contributed by atoms with E-state index in [4.69, 9.17) is 10.2 Å². The van der Waals surface area contributed by atoms with Crippen LogP contribution in [0, 0.1) is 25.2 Å². The quantitative estimate of drug-likeness (QED) is 0.407. The van der Waals surface area contributed by atoms with Crippen LogP contribution in [0.3, 0.4) is 0 Å². The van der Waals surface area contributed by atoms with Gasteiger partial charge in [-0.15, -0.1) is 12.4 Å². The highest BCUT2D eigenvalue weighted by Gasteiger charge is 2.30. The minimum absolute atomic E-state index is 0. The molecule has 5 rings (SSSR count). The van der Waals surface area contributed by atoms with Crippen molar-refractivity contribution in [2.24, 2.45) is 0 Å². The highest BCUT2D eigenvalue weighted by molar-refractivity contribution is 5.85. The van der Waals surface area contributed by atoms with Crippen LogP contribution in [0.5, 0.6) is 0 Å². The number of benzene rings is 2. The van der Waals surface area contributed by atoms with E-state index in [0.717, 1.165) is 60.2 Å². The smallest absolute Gasteiger partial charge is 0.155 e. The van der Waals surface area contributed by atoms with Crippen LogP contribution < -0.4 is 4.90 Å². The lowest BCUT2D eigenvalue weighted by molar-refractivity contribution is 0.211. The van der Waals surface area contributed by atoms with E-state index in [2.05, 4.69) is 75.2 Å². The van der Waals surface area contributed by atoms with E-state index >= 15 is 0 Å². The number of nitrogens with zero attached hydrogens (tertiary/aromatic N) is 6. The first kappa shape index (κ1) is 25.4. The number of aromatic amines is 1. The van der Waals surface area contributed by atoms with Gasteiger partial charge in [-0.25, -0.2) is 4.98 Å². The molecule has 0 spiro atoms. The lowest BCUT2D eigenvalue weighted by Crippen LogP contribution is -2.48. The van der Waals surface area contributed by atoms with Crippen molar-refractivity contribution in [2.45, 2.75) is 26.3 Å². The summed E-state index contributed by atoms with van der Waals surface area (Å²) in [5, 5.41) is 16.6. The average Bonchev–Trinajstić information content (AvgIpc) is 3.24. The standard InChI is InChI=1S/C28H29N7.ClH/c1-20-25(21(2)33-32-20)27(24-6-4-3-5-7-24)34-16-18-35(19-17-34)28-26(30-14-15-31-28)23-10-8-22(9-11-23)12-13-29;/h3-11,14-15,27H,12,16-19H2,1-2H3,(H,32,33);1H. The number of nitrogens with one attached hydrogen (secondary N) is 1. The second-order valence-corrected chi connectivity index (χ2v) is 8.94. The SMILES string of the molecule is Cc1n[nH]c(C)c1C(c1ccccc1)N1CCN(c2nccnc2-c2ccc(CC#N)cc2)CC1.Cl. The van der Waals surface area contributed by atoms with E-state index < -0.39 is 0 Å². The lowest BCUT2D eigenvalue weighted by Gasteiger charge is -2.40. The van der Waals surface area contributed by atoms with Gasteiger partial charge in [-0.3, -0.25) is 15.0 Å². The van der Waals surface area contributed by atoms with Gasteiger partial charge in [-0.2, -0.15) is 10.4 Å². The zero-order valence-corrected chi connectivity index (χ0v) is 21.4. The molecule has 1 saturated heterocycles. The molecule has 0 bridgehead atoms. The maximum absolute atomic E-state index is 8.96. The molecule has 1 unspecified atom stereocenters. The highest BCUT2D eigenvalue weighted by Crippen LogP contribution is 2.34. The molecular formula is C28H30ClN7. The summed E-state index contributed by atoms with van der Waals surface area (Å²) in [6.45, 7) is 7.71. The van der Waals surface area contributed by atoms with Crippen LogP contribution >= 0.6 is 12.4 Å². The molecule has 2 aromatic carbocycles. The summed E-state index contributed by atoms with van der Waals surface area (Å²) in [4.78, 5) is 14.3. The number of rotatable bonds is 6. The number of piperazine rings is 1. The van der Waals surface area contributed by atoms with Crippen molar-refractivity contribution in [3.05, 3.63) is 95.1 Å². The van der Waals surface area contributed by atoms with Gasteiger partial charge in [0.1, 0.15) is 5.69 Å². The van der Waals surface area contributed by atoms with Crippen molar-refractivity contribution in [1.82, 2.24) is 25.1 Å². The van der Waals surface area contributed by atoms with Crippen LogP contribution in [0.25, 0.3) is 11.3 Å². The van der Waals surface area contributed by atoms with Gasteiger partial charge < -0.3 is 4.90 Å². The number of hydrogen-bond donors (Lipinski definition) is 1. The van der Waals surface area contributed by atoms with E-state index in [-0.39, 0.29) is 18.4 Å². The molecular weight excluding hydrogens is 470 g/mol. The van der Waals surface area contributed by atoms with Crippen LogP contribution in [0.1, 0.15) is 34.1 Å². The summed E-state index contributed by atoms with van der Waals surface area (Å²) in [5.41, 5.74) is 7.62. The molecule has 36 heavy (non-hydrogen) atoms. The minimum atomic E-state index is 0. The van der Waals surface area contributed by atoms with Gasteiger partial charge in [-0.1, -0.05) is 54.6 Å². The molecule has 2 aromatic heterocycles. The molecule has 0 aliphatic carbocycles. The molecule has 184 valence electrons. The van der Waals surface area contributed by atoms with Gasteiger partial charge in [0.2, 0.25) is 0 Å². The Labute approximate surface area is 218 Å². The van der Waals surface area contributed by atoms with Crippen LogP contribution in [0.15, 0.2) is 67.0 Å². The van der Waals surface area contributed by atoms with Gasteiger partial charge >= 0.3 is 0 Å². The number of halogens is 1. The summed E-state index contributed by atoms with van der Waals surface area (Å²) < 4.78 is 0. The Morgan fingerprint density at radius 3 is 2.28 bits per heavy atom. The Balaban J connectivity index is 0.00000304. The van der Waals surface area contributed by atoms with E-state index in [1.54, 1.807) is 12.4 Å². The van der Waals surface area contributed by atoms with Crippen LogP contribution in [0.4, 0.5) is 5.82 Å². The Morgan fingerprint density at radius 2 is 1.64 bits per heavy atom. The highest BCUT2D eigenvalue weighted by atomic mass is 35.5. The van der Waals surface area contributed by atoms with Gasteiger partial charge in [0.15, 0.2) is 5.82 Å². The Kier molecular flexibility index (Phi) is 7.99. The minimum Gasteiger partial charge on any atom is -0.352 e. The molecule has 0 amide bonds. The average molecular weight is 500 g/mol. The topological polar surface area (TPSA) is 84.7 Å². The summed E-state index contributed by atoms with van der Waals surface area (Å²) in [6.07, 6.45) is 3.92. The Morgan fingerprint density at radius 1 is 0.944 bits per heavy atom. The zero-order chi connectivity index (χ0) is 24.2. The Hall–Kier alpha value is -3.73. The first-order valence-corrected chi connectivity index (χ1v) is 12.0. The predicted molar refractivity (Wildman–Crippen MR) is 144 cm³/mol. The fourth-order valence-electron chi connectivity index (χ4n) is 4.99. The fraction of sp³-hybridized carbons (Fsp3) is 0.286. The van der Waals surface area contributed by atoms with Crippen molar-refractivity contribution >= 4 is 18.2 Å². The largest absolute Gasteiger partial charge is 0.352 e. The Bertz CT molecular complexity index is 1300. The van der Waals surface area contributed by atoms with E-state index in [1.165, 1.54) is 11.1 Å². The predicted octanol–water partition coefficient (Wildman–Crippen LogP) is 4.88. The third-order valence-electron chi connectivity index (χ3n) is 6.74. The number of aryl methyl sites for hydroxylation is 2.